The van der Waals surface area contributed by atoms with E-state index in [9.17, 15) is 9.59 Å². The maximum atomic E-state index is 13.3. The number of hydrogen-bond acceptors (Lipinski definition) is 6. The zero-order valence-electron chi connectivity index (χ0n) is 20.5. The summed E-state index contributed by atoms with van der Waals surface area (Å²) in [6, 6.07) is 5.16. The maximum Gasteiger partial charge on any atom is 0.316 e. The average Bonchev–Trinajstić information content (AvgIpc) is 2.81. The molecule has 0 saturated heterocycles. The quantitative estimate of drug-likeness (QED) is 0.0911. The Morgan fingerprint density at radius 1 is 0.875 bits per heavy atom. The Hall–Kier alpha value is -1.94. The van der Waals surface area contributed by atoms with Crippen LogP contribution in [0.15, 0.2) is 18.2 Å². The van der Waals surface area contributed by atoms with E-state index in [-0.39, 0.29) is 11.7 Å². The van der Waals surface area contributed by atoms with Crippen molar-refractivity contribution < 1.29 is 28.4 Å². The second kappa shape index (κ2) is 18.6. The van der Waals surface area contributed by atoms with E-state index in [4.69, 9.17) is 18.8 Å². The molecule has 2 unspecified atom stereocenters. The van der Waals surface area contributed by atoms with Crippen LogP contribution in [0.5, 0.6) is 11.5 Å². The Bertz CT molecular complexity index is 640. The zero-order valence-corrected chi connectivity index (χ0v) is 21.6. The summed E-state index contributed by atoms with van der Waals surface area (Å²) in [6.07, 6.45) is 9.84. The molecule has 0 aliphatic rings. The fourth-order valence-electron chi connectivity index (χ4n) is 3.56. The summed E-state index contributed by atoms with van der Waals surface area (Å²) in [7, 11) is 4.17. The lowest BCUT2D eigenvalue weighted by atomic mass is 9.89. The molecule has 32 heavy (non-hydrogen) atoms. The van der Waals surface area contributed by atoms with Crippen LogP contribution in [-0.4, -0.2) is 32.6 Å². The summed E-state index contributed by atoms with van der Waals surface area (Å²) in [5.41, 5.74) is 0.303. The van der Waals surface area contributed by atoms with Gasteiger partial charge in [0, 0.05) is 0 Å². The van der Waals surface area contributed by atoms with Crippen LogP contribution in [0.25, 0.3) is 0 Å². The number of rotatable bonds is 16. The van der Waals surface area contributed by atoms with Crippen LogP contribution in [0.3, 0.4) is 0 Å². The monoisotopic (exact) mass is 469 g/mol. The molecule has 0 heterocycles. The summed E-state index contributed by atoms with van der Waals surface area (Å²) in [5.74, 6) is -0.629. The van der Waals surface area contributed by atoms with Crippen LogP contribution >= 0.6 is 9.12 Å². The van der Waals surface area contributed by atoms with E-state index < -0.39 is 11.9 Å². The molecule has 0 radical (unpaired) electrons. The predicted molar refractivity (Wildman–Crippen MR) is 131 cm³/mol. The standard InChI is InChI=1S/C25H40O5.H2OP/c1-6-7-8-9-10-11-12-13-17-30-25(27)20(18-19(2)3)24(26)23-21(28-4)15-14-16-22(23)29-5;1-2/h14-16,19-20H,6-13,17-18H2,1-5H3;2H2/q;+1. The molecule has 2 atom stereocenters. The molecule has 7 heteroatoms. The van der Waals surface area contributed by atoms with Gasteiger partial charge in [-0.15, -0.1) is 0 Å². The van der Waals surface area contributed by atoms with E-state index >= 15 is 0 Å². The van der Waals surface area contributed by atoms with E-state index in [1.54, 1.807) is 18.2 Å². The number of carbonyl (C=O) groups is 2. The van der Waals surface area contributed by atoms with E-state index in [0.717, 1.165) is 19.3 Å². The fraction of sp³-hybridized carbons (Fsp3) is 0.680. The van der Waals surface area contributed by atoms with Gasteiger partial charge < -0.3 is 14.2 Å². The average molecular weight is 470 g/mol. The minimum absolute atomic E-state index is 0.176. The Labute approximate surface area is 196 Å². The van der Waals surface area contributed by atoms with E-state index in [2.05, 4.69) is 6.92 Å². The van der Waals surface area contributed by atoms with Crippen LogP contribution < -0.4 is 9.47 Å². The number of unbranched alkanes of at least 4 members (excludes halogenated alkanes) is 7. The molecule has 182 valence electrons. The highest BCUT2D eigenvalue weighted by molar-refractivity contribution is 7.00. The van der Waals surface area contributed by atoms with Gasteiger partial charge in [0.2, 0.25) is 0 Å². The van der Waals surface area contributed by atoms with E-state index in [1.807, 2.05) is 13.8 Å². The number of esters is 1. The number of ketones is 1. The first-order valence-electron chi connectivity index (χ1n) is 11.6. The molecule has 0 saturated carbocycles. The third kappa shape index (κ3) is 11.1. The van der Waals surface area contributed by atoms with Gasteiger partial charge in [0.05, 0.1) is 20.8 Å². The molecule has 0 spiro atoms. The lowest BCUT2D eigenvalue weighted by Crippen LogP contribution is -2.28. The number of Topliss-reactive ketones (excluding diaryl/α,β-unsaturated/α-hetero) is 1. The van der Waals surface area contributed by atoms with E-state index in [1.165, 1.54) is 55.4 Å². The van der Waals surface area contributed by atoms with Gasteiger partial charge in [-0.25, -0.2) is 0 Å². The Kier molecular flexibility index (Phi) is 17.5. The van der Waals surface area contributed by atoms with Crippen LogP contribution in [0.4, 0.5) is 0 Å². The minimum Gasteiger partial charge on any atom is -0.496 e. The predicted octanol–water partition coefficient (Wildman–Crippen LogP) is 6.44. The summed E-state index contributed by atoms with van der Waals surface area (Å²) >= 11 is 0. The molecule has 0 fully saturated rings. The van der Waals surface area contributed by atoms with E-state index in [0.29, 0.717) is 30.1 Å². The van der Waals surface area contributed by atoms with Crippen molar-refractivity contribution in [2.75, 3.05) is 20.8 Å². The first kappa shape index (κ1) is 30.1. The molecule has 0 aliphatic carbocycles. The van der Waals surface area contributed by atoms with Crippen LogP contribution in [0, 0.1) is 11.8 Å². The van der Waals surface area contributed by atoms with Crippen LogP contribution in [-0.2, 0) is 14.1 Å². The highest BCUT2D eigenvalue weighted by Crippen LogP contribution is 2.32. The number of hydrogen-bond donors (Lipinski definition) is 0. The van der Waals surface area contributed by atoms with Gasteiger partial charge in [0.15, 0.2) is 5.78 Å². The minimum atomic E-state index is -0.857. The van der Waals surface area contributed by atoms with Crippen molar-refractivity contribution in [3.05, 3.63) is 23.8 Å². The number of benzene rings is 1. The van der Waals surface area contributed by atoms with Crippen molar-refractivity contribution in [2.24, 2.45) is 11.8 Å². The summed E-state index contributed by atoms with van der Waals surface area (Å²) < 4.78 is 24.4. The van der Waals surface area contributed by atoms with Gasteiger partial charge in [-0.3, -0.25) is 9.59 Å². The summed E-state index contributed by atoms with van der Waals surface area (Å²) in [5, 5.41) is 0. The number of ether oxygens (including phenoxy) is 3. The summed E-state index contributed by atoms with van der Waals surface area (Å²) in [4.78, 5) is 26.1. The van der Waals surface area contributed by atoms with Crippen molar-refractivity contribution in [1.29, 1.82) is 0 Å². The largest absolute Gasteiger partial charge is 0.496 e. The van der Waals surface area contributed by atoms with Crippen molar-refractivity contribution >= 4 is 20.9 Å². The van der Waals surface area contributed by atoms with Crippen LogP contribution in [0.2, 0.25) is 0 Å². The van der Waals surface area contributed by atoms with Crippen molar-refractivity contribution in [1.82, 2.24) is 0 Å². The van der Waals surface area contributed by atoms with Crippen LogP contribution in [0.1, 0.15) is 88.9 Å². The summed E-state index contributed by atoms with van der Waals surface area (Å²) in [6.45, 7) is 6.56. The lowest BCUT2D eigenvalue weighted by Gasteiger charge is -2.19. The molecular formula is C25H42O6P+. The highest BCUT2D eigenvalue weighted by Gasteiger charge is 2.33. The molecule has 1 aromatic carbocycles. The highest BCUT2D eigenvalue weighted by atomic mass is 31.0. The molecule has 0 N–H and O–H groups in total. The molecule has 1 rings (SSSR count). The van der Waals surface area contributed by atoms with Gasteiger partial charge in [0.1, 0.15) is 23.0 Å². The Morgan fingerprint density at radius 2 is 1.38 bits per heavy atom. The Balaban J connectivity index is 0.00000466. The molecule has 0 bridgehead atoms. The molecule has 6 nitrogen and oxygen atoms in total. The van der Waals surface area contributed by atoms with Crippen molar-refractivity contribution in [3.8, 4) is 11.5 Å². The van der Waals surface area contributed by atoms with Gasteiger partial charge in [-0.05, 0) is 30.9 Å². The first-order valence-corrected chi connectivity index (χ1v) is 12.1. The van der Waals surface area contributed by atoms with Gasteiger partial charge in [-0.2, -0.15) is 0 Å². The van der Waals surface area contributed by atoms with Gasteiger partial charge in [-0.1, -0.05) is 76.3 Å². The second-order valence-corrected chi connectivity index (χ2v) is 8.23. The smallest absolute Gasteiger partial charge is 0.316 e. The maximum absolute atomic E-state index is 13.3. The first-order chi connectivity index (χ1) is 15.5. The zero-order chi connectivity index (χ0) is 24.4. The number of carbonyl (C=O) groups excluding carboxylic acids is 2. The van der Waals surface area contributed by atoms with Gasteiger partial charge in [0.25, 0.3) is 0 Å². The fourth-order valence-corrected chi connectivity index (χ4v) is 3.56. The lowest BCUT2D eigenvalue weighted by molar-refractivity contribution is -0.147. The van der Waals surface area contributed by atoms with Crippen molar-refractivity contribution in [3.63, 3.8) is 0 Å². The molecule has 0 amide bonds. The third-order valence-corrected chi connectivity index (χ3v) is 5.22. The number of methoxy groups -OCH3 is 2. The molecule has 1 aromatic rings. The molecule has 0 aromatic heterocycles. The normalized spacial score (nSPS) is 11.3. The third-order valence-electron chi connectivity index (χ3n) is 5.22. The molecule has 0 aliphatic heterocycles. The second-order valence-electron chi connectivity index (χ2n) is 8.23. The van der Waals surface area contributed by atoms with Gasteiger partial charge >= 0.3 is 15.1 Å². The van der Waals surface area contributed by atoms with Crippen molar-refractivity contribution in [2.45, 2.75) is 78.6 Å². The molecular weight excluding hydrogens is 427 g/mol. The SMILES string of the molecule is CCCCCCCCCCOC(=O)C(CC(C)C)C(=O)c1c(OC)cccc1OC.O=[PH2+]. The Morgan fingerprint density at radius 3 is 1.84 bits per heavy atom. The topological polar surface area (TPSA) is 78.9 Å².